The van der Waals surface area contributed by atoms with Gasteiger partial charge in [0.25, 0.3) is 5.91 Å². The Morgan fingerprint density at radius 1 is 1.08 bits per heavy atom. The van der Waals surface area contributed by atoms with Gasteiger partial charge in [-0.05, 0) is 41.5 Å². The highest BCUT2D eigenvalue weighted by atomic mass is 16.3. The Kier molecular flexibility index (Phi) is 3.82. The normalized spacial score (nSPS) is 16.2. The van der Waals surface area contributed by atoms with Gasteiger partial charge in [0.05, 0.1) is 5.56 Å². The van der Waals surface area contributed by atoms with E-state index in [1.165, 1.54) is 0 Å². The molecule has 0 aliphatic carbocycles. The summed E-state index contributed by atoms with van der Waals surface area (Å²) in [6.45, 7) is 0.425. The van der Waals surface area contributed by atoms with Crippen molar-refractivity contribution in [2.24, 2.45) is 0 Å². The third-order valence-electron chi connectivity index (χ3n) is 4.28. The molecule has 1 aliphatic heterocycles. The van der Waals surface area contributed by atoms with E-state index in [-0.39, 0.29) is 17.8 Å². The van der Waals surface area contributed by atoms with Crippen molar-refractivity contribution >= 4 is 11.6 Å². The van der Waals surface area contributed by atoms with E-state index < -0.39 is 0 Å². The Morgan fingerprint density at radius 3 is 2.76 bits per heavy atom. The Bertz CT molecular complexity index is 912. The number of para-hydroxylation sites is 1. The van der Waals surface area contributed by atoms with Crippen molar-refractivity contribution in [1.29, 1.82) is 0 Å². The lowest BCUT2D eigenvalue weighted by Crippen LogP contribution is -2.42. The van der Waals surface area contributed by atoms with Crippen molar-refractivity contribution in [2.75, 3.05) is 5.32 Å². The van der Waals surface area contributed by atoms with Gasteiger partial charge in [-0.25, -0.2) is 0 Å². The summed E-state index contributed by atoms with van der Waals surface area (Å²) in [5.41, 5.74) is 3.21. The fraction of sp³-hybridized carbons (Fsp3) is 0.100. The van der Waals surface area contributed by atoms with E-state index >= 15 is 0 Å². The van der Waals surface area contributed by atoms with Crippen LogP contribution in [0.2, 0.25) is 0 Å². The number of aromatic hydroxyl groups is 1. The molecule has 5 heteroatoms. The molecule has 0 saturated carbocycles. The summed E-state index contributed by atoms with van der Waals surface area (Å²) in [7, 11) is 0. The number of aromatic nitrogens is 1. The molecule has 124 valence electrons. The van der Waals surface area contributed by atoms with Crippen LogP contribution in [0.5, 0.6) is 5.75 Å². The second kappa shape index (κ2) is 6.28. The highest BCUT2D eigenvalue weighted by Gasteiger charge is 2.32. The molecule has 2 N–H and O–H groups in total. The maximum absolute atomic E-state index is 13.1. The van der Waals surface area contributed by atoms with Crippen LogP contribution in [0, 0.1) is 0 Å². The van der Waals surface area contributed by atoms with Crippen LogP contribution in [0.3, 0.4) is 0 Å². The van der Waals surface area contributed by atoms with E-state index in [4.69, 9.17) is 0 Å². The first-order chi connectivity index (χ1) is 12.2. The molecule has 0 saturated heterocycles. The molecular weight excluding hydrogens is 314 g/mol. The number of hydrogen-bond donors (Lipinski definition) is 2. The zero-order valence-corrected chi connectivity index (χ0v) is 13.5. The van der Waals surface area contributed by atoms with Crippen LogP contribution in [0.4, 0.5) is 5.69 Å². The molecule has 0 bridgehead atoms. The van der Waals surface area contributed by atoms with E-state index in [9.17, 15) is 9.90 Å². The largest absolute Gasteiger partial charge is 0.508 e. The Labute approximate surface area is 145 Å². The molecule has 4 rings (SSSR count). The molecule has 0 radical (unpaired) electrons. The number of nitrogens with one attached hydrogen (secondary N) is 1. The molecule has 2 aromatic carbocycles. The first-order valence-corrected chi connectivity index (χ1v) is 8.07. The van der Waals surface area contributed by atoms with E-state index in [2.05, 4.69) is 10.3 Å². The third-order valence-corrected chi connectivity index (χ3v) is 4.28. The predicted octanol–water partition coefficient (Wildman–Crippen LogP) is 3.55. The molecule has 5 nitrogen and oxygen atoms in total. The van der Waals surface area contributed by atoms with Crippen molar-refractivity contribution in [3.05, 3.63) is 89.7 Å². The van der Waals surface area contributed by atoms with Crippen LogP contribution in [0.25, 0.3) is 0 Å². The number of nitrogens with zero attached hydrogens (tertiary/aromatic N) is 2. The predicted molar refractivity (Wildman–Crippen MR) is 95.0 cm³/mol. The number of carbonyl (C=O) groups is 1. The van der Waals surface area contributed by atoms with Gasteiger partial charge in [0, 0.05) is 24.6 Å². The minimum atomic E-state index is -0.366. The zero-order chi connectivity index (χ0) is 17.2. The van der Waals surface area contributed by atoms with Crippen LogP contribution in [-0.2, 0) is 6.54 Å². The highest BCUT2D eigenvalue weighted by Crippen LogP contribution is 2.34. The Morgan fingerprint density at radius 2 is 1.96 bits per heavy atom. The number of pyridine rings is 1. The molecule has 1 aromatic heterocycles. The van der Waals surface area contributed by atoms with Gasteiger partial charge in [0.1, 0.15) is 11.9 Å². The molecule has 1 aliphatic rings. The zero-order valence-electron chi connectivity index (χ0n) is 13.5. The van der Waals surface area contributed by atoms with Crippen molar-refractivity contribution in [3.8, 4) is 5.75 Å². The average Bonchev–Trinajstić information content (AvgIpc) is 2.65. The van der Waals surface area contributed by atoms with Gasteiger partial charge in [-0.15, -0.1) is 0 Å². The minimum absolute atomic E-state index is 0.0495. The number of rotatable bonds is 3. The molecule has 3 aromatic rings. The van der Waals surface area contributed by atoms with E-state index in [1.807, 2.05) is 42.5 Å². The highest BCUT2D eigenvalue weighted by molar-refractivity contribution is 6.01. The third kappa shape index (κ3) is 2.92. The van der Waals surface area contributed by atoms with Gasteiger partial charge < -0.3 is 15.3 Å². The second-order valence-corrected chi connectivity index (χ2v) is 5.98. The Hall–Kier alpha value is -3.34. The maximum Gasteiger partial charge on any atom is 0.258 e. The number of fused-ring (bicyclic) bond motifs is 1. The van der Waals surface area contributed by atoms with Crippen molar-refractivity contribution < 1.29 is 9.90 Å². The van der Waals surface area contributed by atoms with Crippen molar-refractivity contribution in [2.45, 2.75) is 12.7 Å². The SMILES string of the molecule is O=C1c2ccccc2N[C@@H](c2cccc(O)c2)N1Cc1cccnc1. The number of phenolic OH excluding ortho intramolecular Hbond substituents is 1. The van der Waals surface area contributed by atoms with Gasteiger partial charge in [-0.1, -0.05) is 30.3 Å². The number of carbonyl (C=O) groups excluding carboxylic acids is 1. The first kappa shape index (κ1) is 15.2. The number of anilines is 1. The van der Waals surface area contributed by atoms with Crippen LogP contribution < -0.4 is 5.32 Å². The van der Waals surface area contributed by atoms with Gasteiger partial charge in [-0.3, -0.25) is 9.78 Å². The summed E-state index contributed by atoms with van der Waals surface area (Å²) in [6, 6.07) is 18.2. The lowest BCUT2D eigenvalue weighted by atomic mass is 10.0. The molecule has 0 spiro atoms. The fourth-order valence-electron chi connectivity index (χ4n) is 3.10. The summed E-state index contributed by atoms with van der Waals surface area (Å²) in [4.78, 5) is 19.0. The lowest BCUT2D eigenvalue weighted by Gasteiger charge is -2.38. The van der Waals surface area contributed by atoms with Gasteiger partial charge in [-0.2, -0.15) is 0 Å². The first-order valence-electron chi connectivity index (χ1n) is 8.07. The quantitative estimate of drug-likeness (QED) is 0.770. The standard InChI is InChI=1S/C20H17N3O2/c24-16-7-3-6-15(11-16)19-22-18-9-2-1-8-17(18)20(25)23(19)13-14-5-4-10-21-12-14/h1-12,19,22,24H,13H2/t19-/m1/s1. The summed E-state index contributed by atoms with van der Waals surface area (Å²) in [5.74, 6) is 0.124. The maximum atomic E-state index is 13.1. The topological polar surface area (TPSA) is 65.5 Å². The second-order valence-electron chi connectivity index (χ2n) is 5.98. The molecule has 0 unspecified atom stereocenters. The van der Waals surface area contributed by atoms with Crippen molar-refractivity contribution in [3.63, 3.8) is 0 Å². The molecule has 1 amide bonds. The van der Waals surface area contributed by atoms with E-state index in [0.717, 1.165) is 16.8 Å². The van der Waals surface area contributed by atoms with Crippen molar-refractivity contribution in [1.82, 2.24) is 9.88 Å². The molecule has 1 atom stereocenters. The Balaban J connectivity index is 1.77. The van der Waals surface area contributed by atoms with Crippen LogP contribution in [-0.4, -0.2) is 20.9 Å². The number of amides is 1. The van der Waals surface area contributed by atoms with Gasteiger partial charge >= 0.3 is 0 Å². The monoisotopic (exact) mass is 331 g/mol. The summed E-state index contributed by atoms with van der Waals surface area (Å²) < 4.78 is 0. The number of phenols is 1. The molecular formula is C20H17N3O2. The summed E-state index contributed by atoms with van der Waals surface area (Å²) in [6.07, 6.45) is 3.10. The smallest absolute Gasteiger partial charge is 0.258 e. The van der Waals surface area contributed by atoms with Crippen LogP contribution in [0.1, 0.15) is 27.7 Å². The average molecular weight is 331 g/mol. The van der Waals surface area contributed by atoms with Gasteiger partial charge in [0.2, 0.25) is 0 Å². The van der Waals surface area contributed by atoms with E-state index in [1.54, 1.807) is 35.5 Å². The summed E-state index contributed by atoms with van der Waals surface area (Å²) in [5, 5.41) is 13.3. The molecule has 25 heavy (non-hydrogen) atoms. The van der Waals surface area contributed by atoms with Crippen LogP contribution >= 0.6 is 0 Å². The molecule has 2 heterocycles. The fourth-order valence-corrected chi connectivity index (χ4v) is 3.10. The van der Waals surface area contributed by atoms with Gasteiger partial charge in [0.15, 0.2) is 0 Å². The van der Waals surface area contributed by atoms with Crippen LogP contribution in [0.15, 0.2) is 73.1 Å². The molecule has 0 fully saturated rings. The van der Waals surface area contributed by atoms with E-state index in [0.29, 0.717) is 12.1 Å². The number of hydrogen-bond acceptors (Lipinski definition) is 4. The summed E-state index contributed by atoms with van der Waals surface area (Å²) >= 11 is 0. The minimum Gasteiger partial charge on any atom is -0.508 e. The number of benzene rings is 2. The lowest BCUT2D eigenvalue weighted by molar-refractivity contribution is 0.0666.